The van der Waals surface area contributed by atoms with Crippen LogP contribution < -0.4 is 4.74 Å². The molecule has 0 aliphatic carbocycles. The molecule has 0 saturated heterocycles. The summed E-state index contributed by atoms with van der Waals surface area (Å²) in [7, 11) is 0. The Bertz CT molecular complexity index is 1500. The van der Waals surface area contributed by atoms with Crippen LogP contribution >= 0.6 is 11.3 Å². The molecule has 0 spiro atoms. The summed E-state index contributed by atoms with van der Waals surface area (Å²) in [5.41, 5.74) is 0.364. The number of imidazole rings is 1. The topological polar surface area (TPSA) is 90.7 Å². The molecule has 7 nitrogen and oxygen atoms in total. The highest BCUT2D eigenvalue weighted by Gasteiger charge is 2.35. The molecule has 0 bridgehead atoms. The average Bonchev–Trinajstić information content (AvgIpc) is 3.45. The summed E-state index contributed by atoms with van der Waals surface area (Å²) in [6.45, 7) is 6.75. The number of carboxylic acids is 1. The quantitative estimate of drug-likeness (QED) is 0.250. The van der Waals surface area contributed by atoms with Crippen molar-refractivity contribution in [2.75, 3.05) is 0 Å². The molecule has 4 rings (SSSR count). The number of aromatic carboxylic acids is 1. The van der Waals surface area contributed by atoms with Crippen LogP contribution in [0.4, 0.5) is 13.2 Å². The maximum Gasteiger partial charge on any atom is 0.416 e. The summed E-state index contributed by atoms with van der Waals surface area (Å²) in [5.74, 6) is -1.68. The van der Waals surface area contributed by atoms with Crippen molar-refractivity contribution in [2.24, 2.45) is 5.41 Å². The minimum absolute atomic E-state index is 0.0481. The highest BCUT2D eigenvalue weighted by Crippen LogP contribution is 2.39. The molecule has 200 valence electrons. The van der Waals surface area contributed by atoms with E-state index < -0.39 is 29.2 Å². The number of esters is 1. The van der Waals surface area contributed by atoms with Gasteiger partial charge in [0.1, 0.15) is 29.8 Å². The number of carbonyl (C=O) groups excluding carboxylic acids is 1. The Morgan fingerprint density at radius 2 is 1.82 bits per heavy atom. The molecule has 0 unspecified atom stereocenters. The predicted octanol–water partition coefficient (Wildman–Crippen LogP) is 7.03. The summed E-state index contributed by atoms with van der Waals surface area (Å²) in [6.07, 6.45) is -4.14. The first kappa shape index (κ1) is 27.2. The number of nitrogens with zero attached hydrogens (tertiary/aromatic N) is 2. The third kappa shape index (κ3) is 5.67. The number of rotatable bonds is 7. The zero-order chi connectivity index (χ0) is 27.8. The standard InChI is InChI=1S/C27H25F3N2O5S/c1-15(17-7-5-6-8-18(17)27(28,29)30)37-21-12-22(38-23(21)24(33)34)32-14-31-19-10-9-16(11-20(19)32)13-36-25(35)26(2,3)4/h5-12,14-15H,13H2,1-4H3,(H,33,34)/t15-/m1/s1. The average molecular weight is 547 g/mol. The van der Waals surface area contributed by atoms with E-state index in [1.165, 1.54) is 37.5 Å². The Balaban J connectivity index is 1.66. The fourth-order valence-corrected chi connectivity index (χ4v) is 4.68. The third-order valence-electron chi connectivity index (χ3n) is 5.72. The van der Waals surface area contributed by atoms with Crippen LogP contribution in [-0.4, -0.2) is 26.6 Å². The Labute approximate surface area is 220 Å². The molecule has 2 heterocycles. The number of hydrogen-bond acceptors (Lipinski definition) is 6. The van der Waals surface area contributed by atoms with Gasteiger partial charge in [0.05, 0.1) is 22.0 Å². The van der Waals surface area contributed by atoms with Crippen LogP contribution in [0.1, 0.15) is 60.2 Å². The maximum absolute atomic E-state index is 13.5. The van der Waals surface area contributed by atoms with E-state index in [0.717, 1.165) is 17.4 Å². The van der Waals surface area contributed by atoms with Gasteiger partial charge in [0, 0.05) is 11.6 Å². The molecule has 1 atom stereocenters. The first-order chi connectivity index (χ1) is 17.8. The molecule has 0 aliphatic heterocycles. The van der Waals surface area contributed by atoms with Crippen molar-refractivity contribution in [3.63, 3.8) is 0 Å². The number of halogens is 3. The van der Waals surface area contributed by atoms with E-state index in [0.29, 0.717) is 21.6 Å². The van der Waals surface area contributed by atoms with Crippen LogP contribution in [0.25, 0.3) is 16.0 Å². The highest BCUT2D eigenvalue weighted by atomic mass is 32.1. The molecular formula is C27H25F3N2O5S. The normalized spacial score (nSPS) is 12.9. The van der Waals surface area contributed by atoms with Crippen LogP contribution in [0.3, 0.4) is 0 Å². The van der Waals surface area contributed by atoms with E-state index in [-0.39, 0.29) is 28.8 Å². The van der Waals surface area contributed by atoms with Crippen molar-refractivity contribution in [1.29, 1.82) is 0 Å². The smallest absolute Gasteiger partial charge is 0.416 e. The minimum Gasteiger partial charge on any atom is -0.484 e. The van der Waals surface area contributed by atoms with Crippen LogP contribution in [0.2, 0.25) is 0 Å². The van der Waals surface area contributed by atoms with Crippen LogP contribution in [0.5, 0.6) is 5.75 Å². The summed E-state index contributed by atoms with van der Waals surface area (Å²) < 4.78 is 53.3. The summed E-state index contributed by atoms with van der Waals surface area (Å²) in [6, 6.07) is 11.8. The monoisotopic (exact) mass is 546 g/mol. The van der Waals surface area contributed by atoms with Gasteiger partial charge >= 0.3 is 18.1 Å². The fraction of sp³-hybridized carbons (Fsp3) is 0.296. The second-order valence-corrected chi connectivity index (χ2v) is 10.7. The Hall–Kier alpha value is -3.86. The number of benzene rings is 2. The lowest BCUT2D eigenvalue weighted by molar-refractivity contribution is -0.154. The van der Waals surface area contributed by atoms with Crippen molar-refractivity contribution in [3.05, 3.63) is 76.4 Å². The molecule has 0 fully saturated rings. The number of ether oxygens (including phenoxy) is 2. The van der Waals surface area contributed by atoms with Crippen molar-refractivity contribution >= 4 is 34.3 Å². The van der Waals surface area contributed by atoms with Gasteiger partial charge in [-0.15, -0.1) is 11.3 Å². The summed E-state index contributed by atoms with van der Waals surface area (Å²) >= 11 is 0.905. The van der Waals surface area contributed by atoms with E-state index in [1.54, 1.807) is 43.5 Å². The molecule has 0 radical (unpaired) electrons. The van der Waals surface area contributed by atoms with Crippen LogP contribution in [0.15, 0.2) is 54.9 Å². The molecule has 4 aromatic rings. The van der Waals surface area contributed by atoms with Crippen LogP contribution in [0, 0.1) is 5.41 Å². The molecule has 2 aromatic heterocycles. The summed E-state index contributed by atoms with van der Waals surface area (Å²) in [5, 5.41) is 10.2. The fourth-order valence-electron chi connectivity index (χ4n) is 3.76. The lowest BCUT2D eigenvalue weighted by atomic mass is 9.97. The molecule has 0 amide bonds. The molecule has 1 N–H and O–H groups in total. The van der Waals surface area contributed by atoms with Crippen molar-refractivity contribution in [3.8, 4) is 10.8 Å². The van der Waals surface area contributed by atoms with Gasteiger partial charge in [-0.2, -0.15) is 13.2 Å². The van der Waals surface area contributed by atoms with E-state index in [4.69, 9.17) is 9.47 Å². The zero-order valence-electron chi connectivity index (χ0n) is 21.0. The van der Waals surface area contributed by atoms with E-state index >= 15 is 0 Å². The van der Waals surface area contributed by atoms with E-state index in [2.05, 4.69) is 4.98 Å². The number of thiophene rings is 1. The van der Waals surface area contributed by atoms with Crippen molar-refractivity contribution in [1.82, 2.24) is 9.55 Å². The van der Waals surface area contributed by atoms with Gasteiger partial charge in [-0.1, -0.05) is 24.3 Å². The second-order valence-electron chi connectivity index (χ2n) is 9.69. The molecular weight excluding hydrogens is 521 g/mol. The van der Waals surface area contributed by atoms with Gasteiger partial charge in [0.2, 0.25) is 0 Å². The highest BCUT2D eigenvalue weighted by molar-refractivity contribution is 7.16. The Morgan fingerprint density at radius 3 is 2.47 bits per heavy atom. The zero-order valence-corrected chi connectivity index (χ0v) is 21.8. The molecule has 2 aromatic carbocycles. The van der Waals surface area contributed by atoms with Gasteiger partial charge in [-0.25, -0.2) is 9.78 Å². The van der Waals surface area contributed by atoms with E-state index in [1.807, 2.05) is 0 Å². The number of carbonyl (C=O) groups is 2. The number of carboxylic acid groups (broad SMARTS) is 1. The Kier molecular flexibility index (Phi) is 7.24. The third-order valence-corrected chi connectivity index (χ3v) is 6.82. The van der Waals surface area contributed by atoms with Gasteiger partial charge in [-0.05, 0) is 51.5 Å². The molecule has 11 heteroatoms. The van der Waals surface area contributed by atoms with Gasteiger partial charge in [0.25, 0.3) is 0 Å². The van der Waals surface area contributed by atoms with Crippen molar-refractivity contribution in [2.45, 2.75) is 46.6 Å². The molecule has 0 aliphatic rings. The van der Waals surface area contributed by atoms with Crippen LogP contribution in [-0.2, 0) is 22.3 Å². The van der Waals surface area contributed by atoms with Gasteiger partial charge in [0.15, 0.2) is 4.88 Å². The van der Waals surface area contributed by atoms with Gasteiger partial charge in [-0.3, -0.25) is 9.36 Å². The molecule has 0 saturated carbocycles. The first-order valence-corrected chi connectivity index (χ1v) is 12.4. The number of alkyl halides is 3. The lowest BCUT2D eigenvalue weighted by Crippen LogP contribution is -2.22. The second kappa shape index (κ2) is 10.1. The van der Waals surface area contributed by atoms with Crippen molar-refractivity contribution < 1.29 is 37.3 Å². The number of fused-ring (bicyclic) bond motifs is 1. The Morgan fingerprint density at radius 1 is 1.11 bits per heavy atom. The maximum atomic E-state index is 13.5. The minimum atomic E-state index is -4.59. The van der Waals surface area contributed by atoms with E-state index in [9.17, 15) is 27.9 Å². The largest absolute Gasteiger partial charge is 0.484 e. The number of hydrogen-bond donors (Lipinski definition) is 1. The SMILES string of the molecule is C[C@@H](Oc1cc(-n2cnc3ccc(COC(=O)C(C)(C)C)cc32)sc1C(=O)O)c1ccccc1C(F)(F)F. The summed E-state index contributed by atoms with van der Waals surface area (Å²) in [4.78, 5) is 28.3. The number of aromatic nitrogens is 2. The first-order valence-electron chi connectivity index (χ1n) is 11.6. The predicted molar refractivity (Wildman–Crippen MR) is 136 cm³/mol. The lowest BCUT2D eigenvalue weighted by Gasteiger charge is -2.19. The van der Waals surface area contributed by atoms with Gasteiger partial charge < -0.3 is 14.6 Å². The molecule has 38 heavy (non-hydrogen) atoms.